The van der Waals surface area contributed by atoms with Crippen LogP contribution in [-0.4, -0.2) is 51.7 Å². The number of ether oxygens (including phenoxy) is 1. The maximum atomic E-state index is 12.8. The van der Waals surface area contributed by atoms with Gasteiger partial charge in [-0.3, -0.25) is 0 Å². The summed E-state index contributed by atoms with van der Waals surface area (Å²) in [5.41, 5.74) is -1.54. The second-order valence-electron chi connectivity index (χ2n) is 7.09. The minimum atomic E-state index is -4.50. The van der Waals surface area contributed by atoms with Gasteiger partial charge in [-0.1, -0.05) is 0 Å². The van der Waals surface area contributed by atoms with Gasteiger partial charge in [0.25, 0.3) is 0 Å². The molecule has 1 amide bonds. The SMILES string of the molecule is CC(C)(C)OC(=O)N1CC2CC1CN2c1cc(C(F)(F)F)ncn1. The number of alkyl halides is 3. The highest BCUT2D eigenvalue weighted by Gasteiger charge is 2.47. The van der Waals surface area contributed by atoms with E-state index in [4.69, 9.17) is 4.74 Å². The van der Waals surface area contributed by atoms with Gasteiger partial charge in [-0.05, 0) is 27.2 Å². The highest BCUT2D eigenvalue weighted by Crippen LogP contribution is 2.36. The Morgan fingerprint density at radius 3 is 2.46 bits per heavy atom. The summed E-state index contributed by atoms with van der Waals surface area (Å²) < 4.78 is 43.7. The number of amides is 1. The van der Waals surface area contributed by atoms with E-state index in [2.05, 4.69) is 9.97 Å². The molecular weight excluding hydrogens is 325 g/mol. The normalized spacial score (nSPS) is 23.8. The van der Waals surface area contributed by atoms with E-state index in [0.29, 0.717) is 19.5 Å². The van der Waals surface area contributed by atoms with Crippen LogP contribution in [0.1, 0.15) is 32.9 Å². The van der Waals surface area contributed by atoms with Crippen LogP contribution in [0.5, 0.6) is 0 Å². The van der Waals surface area contributed by atoms with Crippen molar-refractivity contribution in [3.8, 4) is 0 Å². The van der Waals surface area contributed by atoms with Gasteiger partial charge in [0, 0.05) is 19.2 Å². The van der Waals surface area contributed by atoms with Gasteiger partial charge in [0.1, 0.15) is 23.4 Å². The Balaban J connectivity index is 1.71. The van der Waals surface area contributed by atoms with Crippen LogP contribution in [0.15, 0.2) is 12.4 Å². The van der Waals surface area contributed by atoms with Gasteiger partial charge >= 0.3 is 12.3 Å². The summed E-state index contributed by atoms with van der Waals surface area (Å²) in [7, 11) is 0. The van der Waals surface area contributed by atoms with Crippen molar-refractivity contribution in [2.24, 2.45) is 0 Å². The smallest absolute Gasteiger partial charge is 0.433 e. The molecule has 6 nitrogen and oxygen atoms in total. The number of carbonyl (C=O) groups excluding carboxylic acids is 1. The van der Waals surface area contributed by atoms with Gasteiger partial charge in [-0.2, -0.15) is 13.2 Å². The molecule has 0 N–H and O–H groups in total. The van der Waals surface area contributed by atoms with Crippen molar-refractivity contribution in [3.63, 3.8) is 0 Å². The minimum Gasteiger partial charge on any atom is -0.444 e. The number of piperazine rings is 1. The molecule has 1 aromatic rings. The summed E-state index contributed by atoms with van der Waals surface area (Å²) in [6.07, 6.45) is -3.26. The maximum absolute atomic E-state index is 12.8. The molecule has 132 valence electrons. The number of rotatable bonds is 1. The molecule has 2 aliphatic heterocycles. The number of nitrogens with zero attached hydrogens (tertiary/aromatic N) is 4. The van der Waals surface area contributed by atoms with Crippen molar-refractivity contribution >= 4 is 11.9 Å². The van der Waals surface area contributed by atoms with Crippen LogP contribution in [0.3, 0.4) is 0 Å². The summed E-state index contributed by atoms with van der Waals surface area (Å²) in [5, 5.41) is 0. The van der Waals surface area contributed by atoms with Crippen LogP contribution in [0.2, 0.25) is 0 Å². The molecule has 1 aromatic heterocycles. The number of carbonyl (C=O) groups is 1. The third-order valence-electron chi connectivity index (χ3n) is 4.11. The Morgan fingerprint density at radius 1 is 1.21 bits per heavy atom. The van der Waals surface area contributed by atoms with E-state index < -0.39 is 17.5 Å². The zero-order chi connectivity index (χ0) is 17.7. The molecule has 2 atom stereocenters. The zero-order valence-corrected chi connectivity index (χ0v) is 13.7. The van der Waals surface area contributed by atoms with Gasteiger partial charge in [0.15, 0.2) is 0 Å². The number of hydrogen-bond donors (Lipinski definition) is 0. The van der Waals surface area contributed by atoms with Gasteiger partial charge in [-0.25, -0.2) is 14.8 Å². The van der Waals surface area contributed by atoms with E-state index in [1.54, 1.807) is 25.7 Å². The molecule has 3 rings (SSSR count). The number of aromatic nitrogens is 2. The lowest BCUT2D eigenvalue weighted by Gasteiger charge is -2.35. The predicted molar refractivity (Wildman–Crippen MR) is 79.5 cm³/mol. The highest BCUT2D eigenvalue weighted by molar-refractivity contribution is 5.70. The van der Waals surface area contributed by atoms with Gasteiger partial charge in [0.05, 0.1) is 12.1 Å². The number of halogens is 3. The van der Waals surface area contributed by atoms with Gasteiger partial charge in [0.2, 0.25) is 0 Å². The predicted octanol–water partition coefficient (Wildman–Crippen LogP) is 2.69. The number of hydrogen-bond acceptors (Lipinski definition) is 5. The first-order valence-corrected chi connectivity index (χ1v) is 7.70. The average Bonchev–Trinajstić information content (AvgIpc) is 3.04. The summed E-state index contributed by atoms with van der Waals surface area (Å²) in [4.78, 5) is 22.9. The fourth-order valence-corrected chi connectivity index (χ4v) is 3.15. The molecule has 0 saturated carbocycles. The maximum Gasteiger partial charge on any atom is 0.433 e. The minimum absolute atomic E-state index is 0.0569. The molecule has 3 heterocycles. The van der Waals surface area contributed by atoms with Crippen LogP contribution < -0.4 is 4.90 Å². The van der Waals surface area contributed by atoms with E-state index >= 15 is 0 Å². The first kappa shape index (κ1) is 16.8. The number of likely N-dealkylation sites (tertiary alicyclic amines) is 1. The molecule has 24 heavy (non-hydrogen) atoms. The van der Waals surface area contributed by atoms with E-state index in [0.717, 1.165) is 12.4 Å². The van der Waals surface area contributed by atoms with Crippen LogP contribution in [0.4, 0.5) is 23.8 Å². The Morgan fingerprint density at radius 2 is 1.92 bits per heavy atom. The molecule has 0 aromatic carbocycles. The molecule has 2 fully saturated rings. The average molecular weight is 344 g/mol. The second-order valence-corrected chi connectivity index (χ2v) is 7.09. The molecule has 2 saturated heterocycles. The summed E-state index contributed by atoms with van der Waals surface area (Å²) in [6, 6.07) is 0.825. The van der Waals surface area contributed by atoms with Crippen LogP contribution in [0.25, 0.3) is 0 Å². The zero-order valence-electron chi connectivity index (χ0n) is 13.7. The third kappa shape index (κ3) is 3.25. The lowest BCUT2D eigenvalue weighted by atomic mass is 10.2. The van der Waals surface area contributed by atoms with E-state index in [1.807, 2.05) is 4.90 Å². The Labute approximate surface area is 137 Å². The highest BCUT2D eigenvalue weighted by atomic mass is 19.4. The molecule has 0 aliphatic carbocycles. The van der Waals surface area contributed by atoms with Crippen molar-refractivity contribution in [1.82, 2.24) is 14.9 Å². The quantitative estimate of drug-likeness (QED) is 0.784. The third-order valence-corrected chi connectivity index (χ3v) is 4.11. The number of anilines is 1. The molecule has 2 aliphatic rings. The monoisotopic (exact) mass is 344 g/mol. The number of fused-ring (bicyclic) bond motifs is 2. The topological polar surface area (TPSA) is 58.6 Å². The van der Waals surface area contributed by atoms with Crippen LogP contribution in [-0.2, 0) is 10.9 Å². The van der Waals surface area contributed by atoms with Gasteiger partial charge < -0.3 is 14.5 Å². The van der Waals surface area contributed by atoms with Crippen molar-refractivity contribution in [3.05, 3.63) is 18.1 Å². The van der Waals surface area contributed by atoms with Crippen LogP contribution >= 0.6 is 0 Å². The summed E-state index contributed by atoms with van der Waals surface area (Å²) in [5.74, 6) is 0.244. The van der Waals surface area contributed by atoms with E-state index in [-0.39, 0.29) is 24.0 Å². The second kappa shape index (κ2) is 5.49. The molecule has 2 bridgehead atoms. The molecule has 0 radical (unpaired) electrons. The first-order chi connectivity index (χ1) is 11.0. The fourth-order valence-electron chi connectivity index (χ4n) is 3.15. The van der Waals surface area contributed by atoms with E-state index in [1.165, 1.54) is 0 Å². The van der Waals surface area contributed by atoms with Crippen molar-refractivity contribution in [2.75, 3.05) is 18.0 Å². The lowest BCUT2D eigenvalue weighted by Crippen LogP contribution is -2.50. The van der Waals surface area contributed by atoms with E-state index in [9.17, 15) is 18.0 Å². The molecule has 2 unspecified atom stereocenters. The van der Waals surface area contributed by atoms with Crippen molar-refractivity contribution in [2.45, 2.75) is 51.1 Å². The molecule has 0 spiro atoms. The molecular formula is C15H19F3N4O2. The molecule has 9 heteroatoms. The standard InChI is InChI=1S/C15H19F3N4O2/c1-14(2,3)24-13(23)22-7-9-4-10(22)6-21(9)12-5-11(15(16,17)18)19-8-20-12/h5,8-10H,4,6-7H2,1-3H3. The largest absolute Gasteiger partial charge is 0.444 e. The van der Waals surface area contributed by atoms with Crippen molar-refractivity contribution < 1.29 is 22.7 Å². The van der Waals surface area contributed by atoms with Crippen molar-refractivity contribution in [1.29, 1.82) is 0 Å². The Kier molecular flexibility index (Phi) is 3.84. The fraction of sp³-hybridized carbons (Fsp3) is 0.667. The first-order valence-electron chi connectivity index (χ1n) is 7.70. The Bertz CT molecular complexity index is 644. The summed E-state index contributed by atoms with van der Waals surface area (Å²) in [6.45, 7) is 6.25. The summed E-state index contributed by atoms with van der Waals surface area (Å²) >= 11 is 0. The lowest BCUT2D eigenvalue weighted by molar-refractivity contribution is -0.141. The van der Waals surface area contributed by atoms with Crippen LogP contribution in [0, 0.1) is 0 Å². The van der Waals surface area contributed by atoms with Gasteiger partial charge in [-0.15, -0.1) is 0 Å². The Hall–Kier alpha value is -2.06.